The lowest BCUT2D eigenvalue weighted by molar-refractivity contribution is 0.179. The van der Waals surface area contributed by atoms with E-state index in [9.17, 15) is 4.39 Å². The molecule has 0 amide bonds. The zero-order chi connectivity index (χ0) is 10.6. The third-order valence-electron chi connectivity index (χ3n) is 1.89. The summed E-state index contributed by atoms with van der Waals surface area (Å²) in [5, 5.41) is 4.09. The summed E-state index contributed by atoms with van der Waals surface area (Å²) in [5.41, 5.74) is 5.31. The van der Waals surface area contributed by atoms with E-state index in [0.717, 1.165) is 18.4 Å². The highest BCUT2D eigenvalue weighted by molar-refractivity contribution is 5.04. The Kier molecular flexibility index (Phi) is 3.63. The number of hydrogen-bond acceptors (Lipinski definition) is 2. The summed E-state index contributed by atoms with van der Waals surface area (Å²) in [6, 6.07) is 0. The van der Waals surface area contributed by atoms with E-state index in [1.54, 1.807) is 24.7 Å². The largest absolute Gasteiger partial charge is 0.330 e. The summed E-state index contributed by atoms with van der Waals surface area (Å²) >= 11 is 0. The van der Waals surface area contributed by atoms with Gasteiger partial charge in [0.2, 0.25) is 0 Å². The van der Waals surface area contributed by atoms with Crippen molar-refractivity contribution in [2.75, 3.05) is 6.54 Å². The molecular weight excluding hydrogens is 181 g/mol. The van der Waals surface area contributed by atoms with E-state index in [4.69, 9.17) is 5.73 Å². The molecule has 0 saturated heterocycles. The number of aromatic nitrogens is 2. The molecule has 1 aromatic rings. The first-order valence-electron chi connectivity index (χ1n) is 4.91. The van der Waals surface area contributed by atoms with E-state index in [1.165, 1.54) is 0 Å². The van der Waals surface area contributed by atoms with E-state index in [-0.39, 0.29) is 0 Å². The van der Waals surface area contributed by atoms with Gasteiger partial charge in [0.25, 0.3) is 0 Å². The molecule has 80 valence electrons. The van der Waals surface area contributed by atoms with Crippen molar-refractivity contribution >= 4 is 0 Å². The molecule has 0 saturated carbocycles. The fraction of sp³-hybridized carbons (Fsp3) is 0.700. The average Bonchev–Trinajstić information content (AvgIpc) is 2.46. The molecule has 0 aliphatic rings. The van der Waals surface area contributed by atoms with Gasteiger partial charge in [-0.2, -0.15) is 5.10 Å². The van der Waals surface area contributed by atoms with Crippen molar-refractivity contribution in [1.82, 2.24) is 9.78 Å². The maximum Gasteiger partial charge on any atom is 0.124 e. The topological polar surface area (TPSA) is 43.8 Å². The fourth-order valence-electron chi connectivity index (χ4n) is 1.31. The van der Waals surface area contributed by atoms with Crippen molar-refractivity contribution in [2.24, 2.45) is 5.73 Å². The highest BCUT2D eigenvalue weighted by atomic mass is 19.1. The number of rotatable bonds is 5. The van der Waals surface area contributed by atoms with Crippen LogP contribution in [0.2, 0.25) is 0 Å². The lowest BCUT2D eigenvalue weighted by atomic mass is 10.2. The number of hydrogen-bond donors (Lipinski definition) is 1. The molecule has 1 heterocycles. The van der Waals surface area contributed by atoms with Gasteiger partial charge in [-0.05, 0) is 38.8 Å². The first-order valence-corrected chi connectivity index (χ1v) is 4.91. The average molecular weight is 199 g/mol. The first kappa shape index (κ1) is 11.2. The lowest BCUT2D eigenvalue weighted by Crippen LogP contribution is -2.21. The van der Waals surface area contributed by atoms with Gasteiger partial charge in [0.05, 0.1) is 12.7 Å². The Hall–Kier alpha value is -0.900. The molecule has 4 heteroatoms. The minimum absolute atomic E-state index is 0.301. The Bertz CT molecular complexity index is 275. The molecule has 0 fully saturated rings. The van der Waals surface area contributed by atoms with Crippen LogP contribution in [0.4, 0.5) is 4.39 Å². The fourth-order valence-corrected chi connectivity index (χ4v) is 1.31. The van der Waals surface area contributed by atoms with Crippen LogP contribution in [-0.4, -0.2) is 22.0 Å². The molecule has 0 radical (unpaired) electrons. The molecule has 2 N–H and O–H groups in total. The lowest BCUT2D eigenvalue weighted by Gasteiger charge is -2.13. The van der Waals surface area contributed by atoms with Crippen LogP contribution in [0.5, 0.6) is 0 Å². The van der Waals surface area contributed by atoms with E-state index in [2.05, 4.69) is 5.10 Å². The summed E-state index contributed by atoms with van der Waals surface area (Å²) in [7, 11) is 0. The van der Waals surface area contributed by atoms with Crippen LogP contribution in [-0.2, 0) is 13.0 Å². The van der Waals surface area contributed by atoms with Gasteiger partial charge in [0, 0.05) is 6.20 Å². The molecule has 0 bridgehead atoms. The third kappa shape index (κ3) is 3.87. The van der Waals surface area contributed by atoms with E-state index in [1.807, 2.05) is 6.20 Å². The van der Waals surface area contributed by atoms with Gasteiger partial charge in [-0.15, -0.1) is 0 Å². The highest BCUT2D eigenvalue weighted by Gasteiger charge is 2.16. The molecule has 0 aliphatic carbocycles. The van der Waals surface area contributed by atoms with Gasteiger partial charge in [0.1, 0.15) is 5.67 Å². The molecule has 1 rings (SSSR count). The second kappa shape index (κ2) is 4.55. The normalized spacial score (nSPS) is 12.0. The Labute approximate surface area is 84.1 Å². The number of aryl methyl sites for hydroxylation is 1. The molecule has 0 aromatic carbocycles. The number of halogens is 1. The summed E-state index contributed by atoms with van der Waals surface area (Å²) in [6.45, 7) is 4.08. The zero-order valence-corrected chi connectivity index (χ0v) is 8.83. The van der Waals surface area contributed by atoms with E-state index < -0.39 is 5.67 Å². The Morgan fingerprint density at radius 3 is 2.86 bits per heavy atom. The van der Waals surface area contributed by atoms with Gasteiger partial charge in [0.15, 0.2) is 0 Å². The maximum atomic E-state index is 13.3. The minimum atomic E-state index is -1.21. The van der Waals surface area contributed by atoms with Gasteiger partial charge in [-0.25, -0.2) is 4.39 Å². The second-order valence-electron chi connectivity index (χ2n) is 4.16. The number of nitrogens with two attached hydrogens (primary N) is 1. The number of alkyl halides is 1. The second-order valence-corrected chi connectivity index (χ2v) is 4.16. The maximum absolute atomic E-state index is 13.3. The minimum Gasteiger partial charge on any atom is -0.330 e. The Balaban J connectivity index is 2.51. The standard InChI is InChI=1S/C10H18FN3/c1-10(2,11)8-14-7-9(6-13-14)4-3-5-12/h6-7H,3-5,8,12H2,1-2H3. The number of nitrogens with zero attached hydrogens (tertiary/aromatic N) is 2. The highest BCUT2D eigenvalue weighted by Crippen LogP contribution is 2.12. The third-order valence-corrected chi connectivity index (χ3v) is 1.89. The molecule has 0 aliphatic heterocycles. The van der Waals surface area contributed by atoms with Crippen molar-refractivity contribution in [3.63, 3.8) is 0 Å². The van der Waals surface area contributed by atoms with Crippen molar-refractivity contribution in [3.8, 4) is 0 Å². The van der Waals surface area contributed by atoms with Crippen LogP contribution in [0.3, 0.4) is 0 Å². The molecular formula is C10H18FN3. The Morgan fingerprint density at radius 1 is 1.57 bits per heavy atom. The van der Waals surface area contributed by atoms with Crippen LogP contribution in [0.1, 0.15) is 25.8 Å². The monoisotopic (exact) mass is 199 g/mol. The predicted octanol–water partition coefficient (Wildman–Crippen LogP) is 1.52. The first-order chi connectivity index (χ1) is 6.51. The molecule has 14 heavy (non-hydrogen) atoms. The van der Waals surface area contributed by atoms with Gasteiger partial charge < -0.3 is 5.73 Å². The van der Waals surface area contributed by atoms with Crippen LogP contribution < -0.4 is 5.73 Å². The summed E-state index contributed by atoms with van der Waals surface area (Å²) < 4.78 is 14.9. The van der Waals surface area contributed by atoms with Gasteiger partial charge >= 0.3 is 0 Å². The van der Waals surface area contributed by atoms with Gasteiger partial charge in [-0.1, -0.05) is 0 Å². The van der Waals surface area contributed by atoms with Crippen molar-refractivity contribution in [2.45, 2.75) is 38.9 Å². The SMILES string of the molecule is CC(C)(F)Cn1cc(CCCN)cn1. The molecule has 0 spiro atoms. The smallest absolute Gasteiger partial charge is 0.124 e. The summed E-state index contributed by atoms with van der Waals surface area (Å²) in [6.07, 6.45) is 5.53. The van der Waals surface area contributed by atoms with Crippen molar-refractivity contribution in [3.05, 3.63) is 18.0 Å². The van der Waals surface area contributed by atoms with Crippen LogP contribution >= 0.6 is 0 Å². The van der Waals surface area contributed by atoms with Gasteiger partial charge in [-0.3, -0.25) is 4.68 Å². The molecule has 0 unspecified atom stereocenters. The molecule has 1 aromatic heterocycles. The van der Waals surface area contributed by atoms with Crippen molar-refractivity contribution < 1.29 is 4.39 Å². The summed E-state index contributed by atoms with van der Waals surface area (Å²) in [4.78, 5) is 0. The van der Waals surface area contributed by atoms with E-state index in [0.29, 0.717) is 13.1 Å². The Morgan fingerprint density at radius 2 is 2.29 bits per heavy atom. The predicted molar refractivity (Wildman–Crippen MR) is 54.8 cm³/mol. The van der Waals surface area contributed by atoms with Crippen LogP contribution in [0, 0.1) is 0 Å². The zero-order valence-electron chi connectivity index (χ0n) is 8.83. The molecule has 3 nitrogen and oxygen atoms in total. The van der Waals surface area contributed by atoms with E-state index >= 15 is 0 Å². The van der Waals surface area contributed by atoms with Crippen molar-refractivity contribution in [1.29, 1.82) is 0 Å². The van der Waals surface area contributed by atoms with Crippen LogP contribution in [0.25, 0.3) is 0 Å². The van der Waals surface area contributed by atoms with Crippen LogP contribution in [0.15, 0.2) is 12.4 Å². The molecule has 0 atom stereocenters. The summed E-state index contributed by atoms with van der Waals surface area (Å²) in [5.74, 6) is 0. The quantitative estimate of drug-likeness (QED) is 0.781.